The number of hydrogen-bond acceptors (Lipinski definition) is 5. The van der Waals surface area contributed by atoms with Crippen LogP contribution in [0, 0.1) is 0 Å². The molecule has 1 aromatic heterocycles. The summed E-state index contributed by atoms with van der Waals surface area (Å²) in [6.45, 7) is 2.29. The van der Waals surface area contributed by atoms with Crippen LogP contribution in [0.25, 0.3) is 0 Å². The van der Waals surface area contributed by atoms with Crippen molar-refractivity contribution in [3.05, 3.63) is 42.6 Å². The number of aromatic nitrogens is 1. The first-order valence-corrected chi connectivity index (χ1v) is 8.70. The van der Waals surface area contributed by atoms with E-state index in [1.165, 1.54) is 19.3 Å². The fourth-order valence-corrected chi connectivity index (χ4v) is 3.14. The summed E-state index contributed by atoms with van der Waals surface area (Å²) in [5, 5.41) is 2.85. The van der Waals surface area contributed by atoms with Crippen molar-refractivity contribution in [1.82, 2.24) is 4.98 Å². The van der Waals surface area contributed by atoms with Gasteiger partial charge < -0.3 is 19.7 Å². The van der Waals surface area contributed by atoms with Crippen molar-refractivity contribution in [2.24, 2.45) is 0 Å². The van der Waals surface area contributed by atoms with Crippen molar-refractivity contribution in [2.45, 2.75) is 25.4 Å². The minimum Gasteiger partial charge on any atom is -0.485 e. The normalized spacial score (nSPS) is 19.4. The lowest BCUT2D eigenvalue weighted by molar-refractivity contribution is -0.125. The van der Waals surface area contributed by atoms with Crippen LogP contribution in [-0.4, -0.2) is 36.7 Å². The van der Waals surface area contributed by atoms with Gasteiger partial charge in [-0.05, 0) is 43.5 Å². The molecule has 0 unspecified atom stereocenters. The van der Waals surface area contributed by atoms with Crippen molar-refractivity contribution < 1.29 is 14.3 Å². The van der Waals surface area contributed by atoms with Gasteiger partial charge in [-0.1, -0.05) is 12.1 Å². The van der Waals surface area contributed by atoms with E-state index in [2.05, 4.69) is 15.2 Å². The van der Waals surface area contributed by atoms with Gasteiger partial charge in [-0.2, -0.15) is 0 Å². The van der Waals surface area contributed by atoms with Crippen LogP contribution < -0.4 is 19.7 Å². The molecule has 1 N–H and O–H groups in total. The zero-order valence-electron chi connectivity index (χ0n) is 14.0. The second kappa shape index (κ2) is 7.01. The molecule has 130 valence electrons. The predicted molar refractivity (Wildman–Crippen MR) is 95.3 cm³/mol. The molecular formula is C19H21N3O3. The highest BCUT2D eigenvalue weighted by atomic mass is 16.6. The van der Waals surface area contributed by atoms with Crippen LogP contribution in [0.5, 0.6) is 11.5 Å². The molecule has 0 bridgehead atoms. The van der Waals surface area contributed by atoms with E-state index in [1.807, 2.05) is 30.3 Å². The lowest BCUT2D eigenvalue weighted by Gasteiger charge is -2.28. The standard InChI is InChI=1S/C19H21N3O3/c23-19(17-13-24-15-6-2-3-7-16(15)25-17)21-14-8-9-18(20-12-14)22-10-4-1-5-11-22/h2-3,6-9,12,17H,1,4-5,10-11,13H2,(H,21,23)/t17-/m1/s1. The molecular weight excluding hydrogens is 318 g/mol. The molecule has 2 aliphatic heterocycles. The smallest absolute Gasteiger partial charge is 0.269 e. The number of carbonyl (C=O) groups is 1. The largest absolute Gasteiger partial charge is 0.485 e. The van der Waals surface area contributed by atoms with Crippen LogP contribution in [0.2, 0.25) is 0 Å². The van der Waals surface area contributed by atoms with Crippen LogP contribution in [0.4, 0.5) is 11.5 Å². The number of benzene rings is 1. The van der Waals surface area contributed by atoms with Crippen LogP contribution in [0.15, 0.2) is 42.6 Å². The molecule has 6 heteroatoms. The number of anilines is 2. The van der Waals surface area contributed by atoms with Gasteiger partial charge in [-0.3, -0.25) is 4.79 Å². The number of carbonyl (C=O) groups excluding carboxylic acids is 1. The highest BCUT2D eigenvalue weighted by molar-refractivity contribution is 5.94. The molecule has 1 atom stereocenters. The van der Waals surface area contributed by atoms with E-state index in [4.69, 9.17) is 9.47 Å². The third kappa shape index (κ3) is 3.52. The van der Waals surface area contributed by atoms with Gasteiger partial charge in [0.15, 0.2) is 11.5 Å². The van der Waals surface area contributed by atoms with Crippen LogP contribution >= 0.6 is 0 Å². The van der Waals surface area contributed by atoms with E-state index in [1.54, 1.807) is 12.3 Å². The quantitative estimate of drug-likeness (QED) is 0.932. The molecule has 1 amide bonds. The minimum atomic E-state index is -0.670. The molecule has 0 saturated carbocycles. The summed E-state index contributed by atoms with van der Waals surface area (Å²) in [5.41, 5.74) is 0.660. The summed E-state index contributed by atoms with van der Waals surface area (Å²) in [7, 11) is 0. The predicted octanol–water partition coefficient (Wildman–Crippen LogP) is 2.85. The molecule has 2 aromatic rings. The average Bonchev–Trinajstić information content (AvgIpc) is 2.69. The average molecular weight is 339 g/mol. The van der Waals surface area contributed by atoms with E-state index in [0.717, 1.165) is 18.9 Å². The Morgan fingerprint density at radius 3 is 2.64 bits per heavy atom. The Balaban J connectivity index is 1.38. The summed E-state index contributed by atoms with van der Waals surface area (Å²) in [5.74, 6) is 1.98. The van der Waals surface area contributed by atoms with Crippen molar-refractivity contribution in [3.8, 4) is 11.5 Å². The third-order valence-electron chi connectivity index (χ3n) is 4.50. The Morgan fingerprint density at radius 2 is 1.88 bits per heavy atom. The number of nitrogens with one attached hydrogen (secondary N) is 1. The Labute approximate surface area is 146 Å². The second-order valence-corrected chi connectivity index (χ2v) is 6.31. The van der Waals surface area contributed by atoms with Gasteiger partial charge in [0.25, 0.3) is 5.91 Å². The maximum absolute atomic E-state index is 12.4. The van der Waals surface area contributed by atoms with Crippen molar-refractivity contribution >= 4 is 17.4 Å². The fourth-order valence-electron chi connectivity index (χ4n) is 3.14. The number of fused-ring (bicyclic) bond motifs is 1. The molecule has 0 spiro atoms. The lowest BCUT2D eigenvalue weighted by Crippen LogP contribution is -2.40. The summed E-state index contributed by atoms with van der Waals surface area (Å²) in [6, 6.07) is 11.2. The summed E-state index contributed by atoms with van der Waals surface area (Å²) in [6.07, 6.45) is 4.73. The Kier molecular flexibility index (Phi) is 4.41. The fraction of sp³-hybridized carbons (Fsp3) is 0.368. The van der Waals surface area contributed by atoms with Gasteiger partial charge >= 0.3 is 0 Å². The molecule has 1 saturated heterocycles. The number of amides is 1. The van der Waals surface area contributed by atoms with E-state index >= 15 is 0 Å². The first-order chi connectivity index (χ1) is 12.3. The molecule has 0 radical (unpaired) electrons. The number of piperidine rings is 1. The molecule has 2 aliphatic rings. The Hall–Kier alpha value is -2.76. The van der Waals surface area contributed by atoms with Crippen LogP contribution in [-0.2, 0) is 4.79 Å². The number of para-hydroxylation sites is 2. The zero-order valence-corrected chi connectivity index (χ0v) is 14.0. The van der Waals surface area contributed by atoms with Gasteiger partial charge in [0.1, 0.15) is 12.4 Å². The molecule has 3 heterocycles. The minimum absolute atomic E-state index is 0.197. The first-order valence-electron chi connectivity index (χ1n) is 8.70. The van der Waals surface area contributed by atoms with Crippen molar-refractivity contribution in [1.29, 1.82) is 0 Å². The summed E-state index contributed by atoms with van der Waals surface area (Å²) >= 11 is 0. The lowest BCUT2D eigenvalue weighted by atomic mass is 10.1. The van der Waals surface area contributed by atoms with Gasteiger partial charge in [0.05, 0.1) is 11.9 Å². The van der Waals surface area contributed by atoms with E-state index in [-0.39, 0.29) is 12.5 Å². The van der Waals surface area contributed by atoms with E-state index < -0.39 is 6.10 Å². The highest BCUT2D eigenvalue weighted by Crippen LogP contribution is 2.31. The Morgan fingerprint density at radius 1 is 1.08 bits per heavy atom. The number of nitrogens with zero attached hydrogens (tertiary/aromatic N) is 2. The maximum atomic E-state index is 12.4. The topological polar surface area (TPSA) is 63.7 Å². The number of rotatable bonds is 3. The molecule has 1 fully saturated rings. The number of hydrogen-bond donors (Lipinski definition) is 1. The number of pyridine rings is 1. The van der Waals surface area contributed by atoms with Crippen LogP contribution in [0.1, 0.15) is 19.3 Å². The maximum Gasteiger partial charge on any atom is 0.269 e. The Bertz CT molecular complexity index is 742. The highest BCUT2D eigenvalue weighted by Gasteiger charge is 2.27. The molecule has 1 aromatic carbocycles. The van der Waals surface area contributed by atoms with Crippen molar-refractivity contribution in [3.63, 3.8) is 0 Å². The SMILES string of the molecule is O=C(Nc1ccc(N2CCCCC2)nc1)[C@H]1COc2ccccc2O1. The van der Waals surface area contributed by atoms with Crippen LogP contribution in [0.3, 0.4) is 0 Å². The summed E-state index contributed by atoms with van der Waals surface area (Å²) in [4.78, 5) is 19.2. The zero-order chi connectivity index (χ0) is 17.1. The number of ether oxygens (including phenoxy) is 2. The monoisotopic (exact) mass is 339 g/mol. The molecule has 6 nitrogen and oxygen atoms in total. The second-order valence-electron chi connectivity index (χ2n) is 6.31. The van der Waals surface area contributed by atoms with E-state index in [0.29, 0.717) is 17.2 Å². The van der Waals surface area contributed by atoms with Gasteiger partial charge in [-0.15, -0.1) is 0 Å². The molecule has 0 aliphatic carbocycles. The van der Waals surface area contributed by atoms with Crippen molar-refractivity contribution in [2.75, 3.05) is 29.9 Å². The first kappa shape index (κ1) is 15.7. The molecule has 25 heavy (non-hydrogen) atoms. The molecule has 4 rings (SSSR count). The summed E-state index contributed by atoms with van der Waals surface area (Å²) < 4.78 is 11.3. The van der Waals surface area contributed by atoms with Gasteiger partial charge in [-0.25, -0.2) is 4.98 Å². The van der Waals surface area contributed by atoms with Gasteiger partial charge in [0, 0.05) is 13.1 Å². The third-order valence-corrected chi connectivity index (χ3v) is 4.50. The van der Waals surface area contributed by atoms with E-state index in [9.17, 15) is 4.79 Å². The van der Waals surface area contributed by atoms with Gasteiger partial charge in [0.2, 0.25) is 6.10 Å².